The molecule has 0 aliphatic heterocycles. The maximum Gasteiger partial charge on any atom is 0.346 e. The molecule has 4 aliphatic carbocycles. The Labute approximate surface area is 216 Å². The molecular weight excluding hydrogens is 476 g/mol. The quantitative estimate of drug-likeness (QED) is 0.407. The van der Waals surface area contributed by atoms with Crippen LogP contribution in [0.2, 0.25) is 0 Å². The van der Waals surface area contributed by atoms with E-state index in [0.29, 0.717) is 12.0 Å². The second-order valence-electron chi connectivity index (χ2n) is 11.7. The zero-order chi connectivity index (χ0) is 27.1. The van der Waals surface area contributed by atoms with E-state index in [1.54, 1.807) is 37.3 Å². The predicted molar refractivity (Wildman–Crippen MR) is 134 cm³/mol. The third kappa shape index (κ3) is 3.18. The maximum absolute atomic E-state index is 14.4. The first kappa shape index (κ1) is 25.9. The Morgan fingerprint density at radius 2 is 1.78 bits per heavy atom. The Morgan fingerprint density at radius 1 is 1.16 bits per heavy atom. The molecule has 8 nitrogen and oxygen atoms in total. The number of hydrogen-bond acceptors (Lipinski definition) is 8. The first-order chi connectivity index (χ1) is 17.4. The highest BCUT2D eigenvalue weighted by Crippen LogP contribution is 2.71. The number of ether oxygens (including phenoxy) is 3. The van der Waals surface area contributed by atoms with Gasteiger partial charge in [-0.25, -0.2) is 4.79 Å². The minimum Gasteiger partial charge on any atom is -0.496 e. The number of aliphatic hydroxyl groups is 3. The van der Waals surface area contributed by atoms with E-state index in [0.717, 1.165) is 0 Å². The third-order valence-corrected chi connectivity index (χ3v) is 9.75. The lowest BCUT2D eigenvalue weighted by atomic mass is 9.59. The van der Waals surface area contributed by atoms with Gasteiger partial charge in [-0.1, -0.05) is 39.0 Å². The van der Waals surface area contributed by atoms with Crippen LogP contribution in [0.1, 0.15) is 44.5 Å². The Kier molecular flexibility index (Phi) is 5.90. The summed E-state index contributed by atoms with van der Waals surface area (Å²) < 4.78 is 16.7. The minimum atomic E-state index is -2.21. The smallest absolute Gasteiger partial charge is 0.346 e. The van der Waals surface area contributed by atoms with Crippen molar-refractivity contribution in [3.63, 3.8) is 0 Å². The molecule has 37 heavy (non-hydrogen) atoms. The van der Waals surface area contributed by atoms with Crippen LogP contribution < -0.4 is 9.47 Å². The third-order valence-electron chi connectivity index (χ3n) is 9.75. The predicted octanol–water partition coefficient (Wildman–Crippen LogP) is 2.70. The molecule has 2 saturated carbocycles. The monoisotopic (exact) mass is 512 g/mol. The van der Waals surface area contributed by atoms with Crippen molar-refractivity contribution in [1.82, 2.24) is 0 Å². The molecule has 0 radical (unpaired) electrons. The van der Waals surface area contributed by atoms with E-state index < -0.39 is 41.7 Å². The Balaban J connectivity index is 1.64. The molecule has 2 fully saturated rings. The molecule has 1 aromatic carbocycles. The van der Waals surface area contributed by atoms with Crippen molar-refractivity contribution in [3.8, 4) is 11.5 Å². The molecule has 0 saturated heterocycles. The molecule has 2 bridgehead atoms. The fourth-order valence-corrected chi connectivity index (χ4v) is 7.81. The van der Waals surface area contributed by atoms with Crippen LogP contribution in [0.15, 0.2) is 41.5 Å². The van der Waals surface area contributed by atoms with E-state index in [2.05, 4.69) is 13.8 Å². The van der Waals surface area contributed by atoms with Gasteiger partial charge in [0.05, 0.1) is 26.2 Å². The van der Waals surface area contributed by atoms with Gasteiger partial charge in [0.25, 0.3) is 0 Å². The van der Waals surface area contributed by atoms with Crippen LogP contribution in [0.5, 0.6) is 11.5 Å². The van der Waals surface area contributed by atoms with Gasteiger partial charge >= 0.3 is 5.97 Å². The summed E-state index contributed by atoms with van der Waals surface area (Å²) in [6.07, 6.45) is 1.08. The Morgan fingerprint density at radius 3 is 2.35 bits per heavy atom. The lowest BCUT2D eigenvalue weighted by Crippen LogP contribution is -2.65. The fourth-order valence-electron chi connectivity index (χ4n) is 7.81. The molecular formula is C29H36O8. The average molecular weight is 513 g/mol. The van der Waals surface area contributed by atoms with E-state index in [9.17, 15) is 24.9 Å². The van der Waals surface area contributed by atoms with Crippen LogP contribution >= 0.6 is 0 Å². The highest BCUT2D eigenvalue weighted by molar-refractivity contribution is 5.97. The summed E-state index contributed by atoms with van der Waals surface area (Å²) in [4.78, 5) is 28.0. The first-order valence-electron chi connectivity index (χ1n) is 12.8. The standard InChI is InChI=1S/C29H36O8/c1-14-12-28-15(2)10-18-22(27(18,3)4)17(24(28)32)11-16(13-30)23(31)29(28,34)25(14)37-26(33)21-19(35-5)8-7-9-20(21)36-6/h7-9,11-12,15,17-18,22-23,25,30-31,34H,10,13H2,1-6H3/t15-,17?,18?,22?,23?,25?,28?,29?/m1/s1. The van der Waals surface area contributed by atoms with Crippen molar-refractivity contribution < 1.29 is 39.1 Å². The van der Waals surface area contributed by atoms with Gasteiger partial charge in [0, 0.05) is 5.92 Å². The van der Waals surface area contributed by atoms with Crippen LogP contribution in [0.3, 0.4) is 0 Å². The number of esters is 1. The van der Waals surface area contributed by atoms with E-state index in [1.165, 1.54) is 14.2 Å². The molecule has 200 valence electrons. The SMILES string of the molecule is COc1cccc(OC)c1C(=O)OC1C(C)=CC23C(=O)C(C=C(CO)C(O)C12O)C1C(C[C@H]3C)C1(C)C. The molecule has 8 atom stereocenters. The lowest BCUT2D eigenvalue weighted by molar-refractivity contribution is -0.190. The topological polar surface area (TPSA) is 123 Å². The lowest BCUT2D eigenvalue weighted by Gasteiger charge is -2.48. The van der Waals surface area contributed by atoms with Gasteiger partial charge in [0.1, 0.15) is 23.2 Å². The van der Waals surface area contributed by atoms with E-state index in [4.69, 9.17) is 14.2 Å². The number of allylic oxidation sites excluding steroid dienone is 1. The highest BCUT2D eigenvalue weighted by atomic mass is 16.6. The van der Waals surface area contributed by atoms with Crippen molar-refractivity contribution in [2.24, 2.45) is 34.5 Å². The number of rotatable bonds is 5. The fraction of sp³-hybridized carbons (Fsp3) is 0.586. The number of benzene rings is 1. The van der Waals surface area contributed by atoms with Gasteiger partial charge in [-0.05, 0) is 59.8 Å². The van der Waals surface area contributed by atoms with Crippen molar-refractivity contribution in [3.05, 3.63) is 47.1 Å². The number of ketones is 1. The molecule has 0 amide bonds. The van der Waals surface area contributed by atoms with Crippen molar-refractivity contribution in [2.75, 3.05) is 20.8 Å². The highest BCUT2D eigenvalue weighted by Gasteiger charge is 2.76. The number of Topliss-reactive ketones (excluding diaryl/α,β-unsaturated/α-hetero) is 1. The number of aliphatic hydroxyl groups excluding tert-OH is 2. The number of carbonyl (C=O) groups is 2. The summed E-state index contributed by atoms with van der Waals surface area (Å²) >= 11 is 0. The van der Waals surface area contributed by atoms with Crippen LogP contribution in [0, 0.1) is 34.5 Å². The van der Waals surface area contributed by atoms with Gasteiger partial charge < -0.3 is 29.5 Å². The van der Waals surface area contributed by atoms with Crippen LogP contribution in [-0.2, 0) is 9.53 Å². The summed E-state index contributed by atoms with van der Waals surface area (Å²) in [5, 5.41) is 34.4. The molecule has 3 N–H and O–H groups in total. The largest absolute Gasteiger partial charge is 0.496 e. The second-order valence-corrected chi connectivity index (χ2v) is 11.7. The minimum absolute atomic E-state index is 0.0343. The van der Waals surface area contributed by atoms with E-state index in [1.807, 2.05) is 6.92 Å². The summed E-state index contributed by atoms with van der Waals surface area (Å²) in [6, 6.07) is 4.86. The van der Waals surface area contributed by atoms with Gasteiger partial charge in [-0.15, -0.1) is 0 Å². The molecule has 0 heterocycles. The molecule has 1 spiro atoms. The molecule has 8 heteroatoms. The first-order valence-corrected chi connectivity index (χ1v) is 12.8. The molecule has 1 aromatic rings. The van der Waals surface area contributed by atoms with Gasteiger partial charge in [-0.3, -0.25) is 4.79 Å². The second kappa shape index (κ2) is 8.41. The summed E-state index contributed by atoms with van der Waals surface area (Å²) in [6.45, 7) is 7.36. The number of carbonyl (C=O) groups excluding carboxylic acids is 2. The Hall–Kier alpha value is -2.68. The van der Waals surface area contributed by atoms with E-state index in [-0.39, 0.29) is 51.6 Å². The van der Waals surface area contributed by atoms with Crippen LogP contribution in [0.25, 0.3) is 0 Å². The summed E-state index contributed by atoms with van der Waals surface area (Å²) in [7, 11) is 2.84. The van der Waals surface area contributed by atoms with Crippen LogP contribution in [-0.4, -0.2) is 65.7 Å². The van der Waals surface area contributed by atoms with Crippen LogP contribution in [0.4, 0.5) is 0 Å². The Bertz CT molecular complexity index is 1190. The van der Waals surface area contributed by atoms with Crippen molar-refractivity contribution >= 4 is 11.8 Å². The molecule has 0 aromatic heterocycles. The van der Waals surface area contributed by atoms with Crippen molar-refractivity contribution in [1.29, 1.82) is 0 Å². The zero-order valence-electron chi connectivity index (χ0n) is 22.1. The normalized spacial score (nSPS) is 39.3. The zero-order valence-corrected chi connectivity index (χ0v) is 22.1. The summed E-state index contributed by atoms with van der Waals surface area (Å²) in [5.74, 6) is -1.17. The summed E-state index contributed by atoms with van der Waals surface area (Å²) in [5.41, 5.74) is -3.10. The molecule has 5 rings (SSSR count). The molecule has 7 unspecified atom stereocenters. The average Bonchev–Trinajstić information content (AvgIpc) is 3.36. The number of fused-ring (bicyclic) bond motifs is 3. The number of hydrogen-bond donors (Lipinski definition) is 3. The number of methoxy groups -OCH3 is 2. The van der Waals surface area contributed by atoms with Crippen molar-refractivity contribution in [2.45, 2.75) is 51.9 Å². The van der Waals surface area contributed by atoms with Gasteiger partial charge in [-0.2, -0.15) is 0 Å². The molecule has 4 aliphatic rings. The van der Waals surface area contributed by atoms with Gasteiger partial charge in [0.15, 0.2) is 17.5 Å². The van der Waals surface area contributed by atoms with Gasteiger partial charge in [0.2, 0.25) is 0 Å². The van der Waals surface area contributed by atoms with E-state index >= 15 is 0 Å². The maximum atomic E-state index is 14.4.